The third kappa shape index (κ3) is 2.91. The lowest BCUT2D eigenvalue weighted by molar-refractivity contribution is 0.111. The van der Waals surface area contributed by atoms with E-state index in [1.54, 1.807) is 29.6 Å². The van der Waals surface area contributed by atoms with Gasteiger partial charge in [-0.1, -0.05) is 11.2 Å². The summed E-state index contributed by atoms with van der Waals surface area (Å²) >= 11 is 0. The second-order valence-corrected chi connectivity index (χ2v) is 5.81. The van der Waals surface area contributed by atoms with Crippen molar-refractivity contribution in [3.8, 4) is 0 Å². The van der Waals surface area contributed by atoms with Crippen molar-refractivity contribution in [2.45, 2.75) is 25.5 Å². The zero-order chi connectivity index (χ0) is 17.4. The number of amides is 2. The van der Waals surface area contributed by atoms with Gasteiger partial charge < -0.3 is 14.2 Å². The molecule has 0 saturated carbocycles. The highest BCUT2D eigenvalue weighted by Gasteiger charge is 2.40. The van der Waals surface area contributed by atoms with Crippen molar-refractivity contribution in [1.29, 1.82) is 0 Å². The third-order valence-corrected chi connectivity index (χ3v) is 4.15. The molecule has 0 aromatic carbocycles. The van der Waals surface area contributed by atoms with Crippen LogP contribution in [0.25, 0.3) is 5.65 Å². The quantitative estimate of drug-likeness (QED) is 0.765. The van der Waals surface area contributed by atoms with Gasteiger partial charge in [0, 0.05) is 26.3 Å². The maximum Gasteiger partial charge on any atom is 0.325 e. The number of nitrogens with zero attached hydrogens (tertiary/aromatic N) is 6. The van der Waals surface area contributed by atoms with E-state index < -0.39 is 0 Å². The Bertz CT molecular complexity index is 872. The number of carbonyl (C=O) groups excluding carboxylic acids is 1. The molecule has 2 amide bonds. The van der Waals surface area contributed by atoms with Crippen LogP contribution in [0, 0.1) is 6.92 Å². The minimum Gasteiger partial charge on any atom is -0.380 e. The number of likely N-dealkylation sites (tertiary alicyclic amines) is 1. The molecule has 10 heteroatoms. The van der Waals surface area contributed by atoms with E-state index in [1.165, 1.54) is 0 Å². The molecule has 1 fully saturated rings. The van der Waals surface area contributed by atoms with Gasteiger partial charge in [0.25, 0.3) is 5.95 Å². The molecule has 1 saturated heterocycles. The summed E-state index contributed by atoms with van der Waals surface area (Å²) in [7, 11) is 1.62. The van der Waals surface area contributed by atoms with Gasteiger partial charge in [0.05, 0.1) is 6.10 Å². The predicted molar refractivity (Wildman–Crippen MR) is 85.9 cm³/mol. The standard InChI is InChI=1S/C15H17N7O3/c1-9-16-13(25-20-9)11-7-10(24-2)8-21(11)15(23)18-14-17-12-5-3-4-6-22(12)19-14/h3-6,10-11H,7-8H2,1-2H3,(H,18,19,23)/t10-,11+/m0/s1. The van der Waals surface area contributed by atoms with E-state index >= 15 is 0 Å². The SMILES string of the molecule is CO[C@H]1C[C@H](c2nc(C)no2)N(C(=O)Nc2nc3ccccn3n2)C1. The molecule has 1 aliphatic heterocycles. The first-order valence-electron chi connectivity index (χ1n) is 7.86. The highest BCUT2D eigenvalue weighted by atomic mass is 16.5. The largest absolute Gasteiger partial charge is 0.380 e. The summed E-state index contributed by atoms with van der Waals surface area (Å²) in [6.07, 6.45) is 2.25. The minimum absolute atomic E-state index is 0.100. The maximum absolute atomic E-state index is 12.7. The summed E-state index contributed by atoms with van der Waals surface area (Å²) in [6.45, 7) is 2.16. The van der Waals surface area contributed by atoms with Crippen molar-refractivity contribution in [2.24, 2.45) is 0 Å². The summed E-state index contributed by atoms with van der Waals surface area (Å²) in [5, 5.41) is 10.8. The van der Waals surface area contributed by atoms with Gasteiger partial charge in [0.1, 0.15) is 6.04 Å². The fourth-order valence-corrected chi connectivity index (χ4v) is 2.93. The van der Waals surface area contributed by atoms with Crippen LogP contribution in [-0.4, -0.2) is 55.4 Å². The number of hydrogen-bond donors (Lipinski definition) is 1. The van der Waals surface area contributed by atoms with Crippen LogP contribution >= 0.6 is 0 Å². The lowest BCUT2D eigenvalue weighted by Gasteiger charge is -2.21. The average Bonchev–Trinajstić information content (AvgIpc) is 3.30. The number of carbonyl (C=O) groups is 1. The lowest BCUT2D eigenvalue weighted by Crippen LogP contribution is -2.36. The second kappa shape index (κ2) is 6.13. The van der Waals surface area contributed by atoms with Gasteiger partial charge in [0.15, 0.2) is 11.5 Å². The van der Waals surface area contributed by atoms with E-state index in [9.17, 15) is 4.79 Å². The first-order chi connectivity index (χ1) is 12.1. The van der Waals surface area contributed by atoms with Gasteiger partial charge in [-0.05, 0) is 19.1 Å². The van der Waals surface area contributed by atoms with Crippen molar-refractivity contribution < 1.29 is 14.1 Å². The fraction of sp³-hybridized carbons (Fsp3) is 0.400. The number of urea groups is 1. The number of aryl methyl sites for hydroxylation is 1. The van der Waals surface area contributed by atoms with Crippen molar-refractivity contribution in [2.75, 3.05) is 19.0 Å². The number of ether oxygens (including phenoxy) is 1. The maximum atomic E-state index is 12.7. The molecule has 10 nitrogen and oxygen atoms in total. The topological polar surface area (TPSA) is 111 Å². The fourth-order valence-electron chi connectivity index (χ4n) is 2.93. The highest BCUT2D eigenvalue weighted by Crippen LogP contribution is 2.32. The van der Waals surface area contributed by atoms with E-state index in [1.807, 2.05) is 18.2 Å². The smallest absolute Gasteiger partial charge is 0.325 e. The average molecular weight is 343 g/mol. The zero-order valence-corrected chi connectivity index (χ0v) is 13.8. The summed E-state index contributed by atoms with van der Waals surface area (Å²) in [5.74, 6) is 1.16. The van der Waals surface area contributed by atoms with Crippen LogP contribution < -0.4 is 5.32 Å². The van der Waals surface area contributed by atoms with Gasteiger partial charge in [-0.25, -0.2) is 9.31 Å². The van der Waals surface area contributed by atoms with Gasteiger partial charge in [-0.2, -0.15) is 9.97 Å². The summed E-state index contributed by atoms with van der Waals surface area (Å²) < 4.78 is 12.2. The number of methoxy groups -OCH3 is 1. The molecular weight excluding hydrogens is 326 g/mol. The Morgan fingerprint density at radius 3 is 3.00 bits per heavy atom. The molecule has 0 unspecified atom stereocenters. The van der Waals surface area contributed by atoms with E-state index in [2.05, 4.69) is 25.5 Å². The number of nitrogens with one attached hydrogen (secondary N) is 1. The molecule has 0 spiro atoms. The molecular formula is C15H17N7O3. The second-order valence-electron chi connectivity index (χ2n) is 5.81. The molecule has 25 heavy (non-hydrogen) atoms. The van der Waals surface area contributed by atoms with E-state index in [0.717, 1.165) is 0 Å². The van der Waals surface area contributed by atoms with Crippen molar-refractivity contribution in [1.82, 2.24) is 29.6 Å². The van der Waals surface area contributed by atoms with Crippen LogP contribution in [-0.2, 0) is 4.74 Å². The number of hydrogen-bond acceptors (Lipinski definition) is 7. The predicted octanol–water partition coefficient (Wildman–Crippen LogP) is 1.41. The number of anilines is 1. The van der Waals surface area contributed by atoms with Crippen molar-refractivity contribution in [3.05, 3.63) is 36.1 Å². The van der Waals surface area contributed by atoms with Gasteiger partial charge >= 0.3 is 6.03 Å². The molecule has 4 heterocycles. The van der Waals surface area contributed by atoms with Gasteiger partial charge in [-0.15, -0.1) is 5.10 Å². The van der Waals surface area contributed by atoms with Crippen LogP contribution in [0.2, 0.25) is 0 Å². The molecule has 3 aromatic rings. The number of aromatic nitrogens is 5. The van der Waals surface area contributed by atoms with Crippen LogP contribution in [0.4, 0.5) is 10.7 Å². The summed E-state index contributed by atoms with van der Waals surface area (Å²) in [4.78, 5) is 22.8. The Labute approximate surface area is 142 Å². The first-order valence-corrected chi connectivity index (χ1v) is 7.86. The number of pyridine rings is 1. The molecule has 0 aliphatic carbocycles. The highest BCUT2D eigenvalue weighted by molar-refractivity contribution is 5.88. The van der Waals surface area contributed by atoms with Crippen molar-refractivity contribution in [3.63, 3.8) is 0 Å². The number of fused-ring (bicyclic) bond motifs is 1. The van der Waals surface area contributed by atoms with Crippen LogP contribution in [0.15, 0.2) is 28.9 Å². The molecule has 2 atom stereocenters. The van der Waals surface area contributed by atoms with Crippen LogP contribution in [0.1, 0.15) is 24.2 Å². The summed E-state index contributed by atoms with van der Waals surface area (Å²) in [6, 6.07) is 4.82. The Hall–Kier alpha value is -3.01. The molecule has 1 aliphatic rings. The Balaban J connectivity index is 1.56. The van der Waals surface area contributed by atoms with Gasteiger partial charge in [0.2, 0.25) is 5.89 Å². The zero-order valence-electron chi connectivity index (χ0n) is 13.8. The Kier molecular flexibility index (Phi) is 3.80. The van der Waals surface area contributed by atoms with Crippen LogP contribution in [0.3, 0.4) is 0 Å². The molecule has 0 radical (unpaired) electrons. The van der Waals surface area contributed by atoms with Crippen LogP contribution in [0.5, 0.6) is 0 Å². The molecule has 0 bridgehead atoms. The molecule has 3 aromatic heterocycles. The minimum atomic E-state index is -0.344. The van der Waals surface area contributed by atoms with E-state index in [0.29, 0.717) is 30.3 Å². The van der Waals surface area contributed by atoms with E-state index in [4.69, 9.17) is 9.26 Å². The normalized spacial score (nSPS) is 20.3. The summed E-state index contributed by atoms with van der Waals surface area (Å²) in [5.41, 5.74) is 0.651. The molecule has 130 valence electrons. The third-order valence-electron chi connectivity index (χ3n) is 4.15. The monoisotopic (exact) mass is 343 g/mol. The molecule has 4 rings (SSSR count). The van der Waals surface area contributed by atoms with E-state index in [-0.39, 0.29) is 24.1 Å². The van der Waals surface area contributed by atoms with Crippen molar-refractivity contribution >= 4 is 17.6 Å². The van der Waals surface area contributed by atoms with Gasteiger partial charge in [-0.3, -0.25) is 5.32 Å². The lowest BCUT2D eigenvalue weighted by atomic mass is 10.2. The Morgan fingerprint density at radius 1 is 1.40 bits per heavy atom. The Morgan fingerprint density at radius 2 is 2.28 bits per heavy atom. The molecule has 1 N–H and O–H groups in total. The number of rotatable bonds is 3. The first kappa shape index (κ1) is 15.5.